The van der Waals surface area contributed by atoms with Crippen LogP contribution in [0.5, 0.6) is 5.75 Å². The summed E-state index contributed by atoms with van der Waals surface area (Å²) in [5.74, 6) is -0.520. The van der Waals surface area contributed by atoms with Gasteiger partial charge in [-0.3, -0.25) is 19.7 Å². The molecule has 0 fully saturated rings. The molecular weight excluding hydrogens is 388 g/mol. The number of hydrogen-bond donors (Lipinski definition) is 1. The lowest BCUT2D eigenvalue weighted by Crippen LogP contribution is -2.34. The highest BCUT2D eigenvalue weighted by molar-refractivity contribution is 5.79. The molecule has 0 aliphatic heterocycles. The minimum atomic E-state index is -0.920. The number of nitrogens with zero attached hydrogens (tertiary/aromatic N) is 1. The molecule has 8 heteroatoms. The fourth-order valence-electron chi connectivity index (χ4n) is 2.90. The zero-order chi connectivity index (χ0) is 22.1. The second-order valence-corrected chi connectivity index (χ2v) is 6.97. The lowest BCUT2D eigenvalue weighted by atomic mass is 10.0. The molecule has 0 aromatic heterocycles. The second-order valence-electron chi connectivity index (χ2n) is 6.97. The summed E-state index contributed by atoms with van der Waals surface area (Å²) >= 11 is 0. The molecule has 30 heavy (non-hydrogen) atoms. The van der Waals surface area contributed by atoms with Crippen molar-refractivity contribution >= 4 is 17.6 Å². The van der Waals surface area contributed by atoms with Crippen LogP contribution in [0.15, 0.2) is 48.5 Å². The summed E-state index contributed by atoms with van der Waals surface area (Å²) in [7, 11) is 0. The van der Waals surface area contributed by atoms with E-state index >= 15 is 0 Å². The summed E-state index contributed by atoms with van der Waals surface area (Å²) in [5.41, 5.74) is 1.11. The number of ether oxygens (including phenoxy) is 2. The van der Waals surface area contributed by atoms with Crippen molar-refractivity contribution in [3.05, 3.63) is 69.8 Å². The largest absolute Gasteiger partial charge is 0.484 e. The zero-order valence-electron chi connectivity index (χ0n) is 17.3. The molecular formula is C22H26N2O6. The van der Waals surface area contributed by atoms with Gasteiger partial charge in [0.05, 0.1) is 29.1 Å². The molecule has 1 amide bonds. The molecule has 1 atom stereocenters. The van der Waals surface area contributed by atoms with E-state index in [0.717, 1.165) is 12.0 Å². The lowest BCUT2D eigenvalue weighted by Gasteiger charge is -2.19. The fraction of sp³-hybridized carbons (Fsp3) is 0.364. The molecule has 8 nitrogen and oxygen atoms in total. The summed E-state index contributed by atoms with van der Waals surface area (Å²) < 4.78 is 10.7. The lowest BCUT2D eigenvalue weighted by molar-refractivity contribution is -0.385. The van der Waals surface area contributed by atoms with Crippen LogP contribution in [0.2, 0.25) is 0 Å². The number of benzene rings is 2. The van der Waals surface area contributed by atoms with Crippen molar-refractivity contribution in [1.29, 1.82) is 0 Å². The van der Waals surface area contributed by atoms with Crippen LogP contribution in [0.3, 0.4) is 0 Å². The molecule has 2 aromatic carbocycles. The predicted octanol–water partition coefficient (Wildman–Crippen LogP) is 3.74. The number of nitro benzene ring substituents is 1. The van der Waals surface area contributed by atoms with Crippen LogP contribution < -0.4 is 10.1 Å². The Morgan fingerprint density at radius 2 is 1.87 bits per heavy atom. The monoisotopic (exact) mass is 414 g/mol. The molecule has 160 valence electrons. The topological polar surface area (TPSA) is 108 Å². The van der Waals surface area contributed by atoms with E-state index in [1.807, 2.05) is 25.1 Å². The summed E-state index contributed by atoms with van der Waals surface area (Å²) in [6.07, 6.45) is 0.259. The number of esters is 1. The minimum Gasteiger partial charge on any atom is -0.484 e. The summed E-state index contributed by atoms with van der Waals surface area (Å²) in [6, 6.07) is 12.4. The number of para-hydroxylation sites is 1. The number of carbonyl (C=O) groups is 2. The van der Waals surface area contributed by atoms with Crippen LogP contribution in [0, 0.1) is 10.1 Å². The van der Waals surface area contributed by atoms with Crippen molar-refractivity contribution in [3.63, 3.8) is 0 Å². The van der Waals surface area contributed by atoms with Crippen molar-refractivity contribution in [1.82, 2.24) is 5.32 Å². The Kier molecular flexibility index (Phi) is 8.34. The van der Waals surface area contributed by atoms with Gasteiger partial charge in [-0.15, -0.1) is 0 Å². The smallest absolute Gasteiger partial charge is 0.308 e. The van der Waals surface area contributed by atoms with E-state index in [2.05, 4.69) is 5.32 Å². The van der Waals surface area contributed by atoms with Crippen LogP contribution in [-0.4, -0.2) is 29.5 Å². The highest BCUT2D eigenvalue weighted by Crippen LogP contribution is 2.27. The van der Waals surface area contributed by atoms with Crippen molar-refractivity contribution in [2.45, 2.75) is 45.8 Å². The van der Waals surface area contributed by atoms with Gasteiger partial charge in [-0.25, -0.2) is 0 Å². The van der Waals surface area contributed by atoms with Crippen molar-refractivity contribution in [2.75, 3.05) is 6.61 Å². The number of amides is 1. The molecule has 0 bridgehead atoms. The number of nitrogens with one attached hydrogen (secondary N) is 1. The van der Waals surface area contributed by atoms with Crippen LogP contribution in [0.1, 0.15) is 44.4 Å². The van der Waals surface area contributed by atoms with Gasteiger partial charge in [0, 0.05) is 6.07 Å². The maximum atomic E-state index is 12.5. The van der Waals surface area contributed by atoms with Gasteiger partial charge in [0.15, 0.2) is 6.61 Å². The average molecular weight is 414 g/mol. The van der Waals surface area contributed by atoms with E-state index in [4.69, 9.17) is 9.47 Å². The number of carbonyl (C=O) groups excluding carboxylic acids is 2. The second kappa shape index (κ2) is 10.9. The standard InChI is InChI=1S/C22H26N2O6/c1-4-16-8-7-9-17(12-16)29-14-21(25)23-19(13-22(26)30-15(2)3)18-10-5-6-11-20(18)24(27)28/h5-12,15,19H,4,13-14H2,1-3H3,(H,23,25). The molecule has 2 rings (SSSR count). The van der Waals surface area contributed by atoms with Crippen LogP contribution in [0.25, 0.3) is 0 Å². The molecule has 0 aliphatic carbocycles. The van der Waals surface area contributed by atoms with E-state index in [-0.39, 0.29) is 30.4 Å². The average Bonchev–Trinajstić information content (AvgIpc) is 2.71. The summed E-state index contributed by atoms with van der Waals surface area (Å²) in [6.45, 7) is 5.13. The zero-order valence-corrected chi connectivity index (χ0v) is 17.3. The van der Waals surface area contributed by atoms with Gasteiger partial charge in [-0.05, 0) is 38.0 Å². The SMILES string of the molecule is CCc1cccc(OCC(=O)NC(CC(=O)OC(C)C)c2ccccc2[N+](=O)[O-])c1. The van der Waals surface area contributed by atoms with Gasteiger partial charge < -0.3 is 14.8 Å². The first kappa shape index (κ1) is 22.9. The first-order valence-corrected chi connectivity index (χ1v) is 9.74. The van der Waals surface area contributed by atoms with Crippen molar-refractivity contribution in [3.8, 4) is 5.75 Å². The summed E-state index contributed by atoms with van der Waals surface area (Å²) in [4.78, 5) is 35.5. The normalized spacial score (nSPS) is 11.6. The van der Waals surface area contributed by atoms with Gasteiger partial charge in [0.25, 0.3) is 11.6 Å². The number of rotatable bonds is 10. The first-order valence-electron chi connectivity index (χ1n) is 9.74. The van der Waals surface area contributed by atoms with Gasteiger partial charge in [0.1, 0.15) is 5.75 Å². The molecule has 0 aliphatic rings. The maximum absolute atomic E-state index is 12.5. The predicted molar refractivity (Wildman–Crippen MR) is 111 cm³/mol. The van der Waals surface area contributed by atoms with Crippen molar-refractivity contribution < 1.29 is 24.0 Å². The molecule has 1 unspecified atom stereocenters. The Labute approximate surface area is 175 Å². The van der Waals surface area contributed by atoms with Gasteiger partial charge in [0.2, 0.25) is 0 Å². The van der Waals surface area contributed by atoms with Crippen LogP contribution >= 0.6 is 0 Å². The minimum absolute atomic E-state index is 0.184. The van der Waals surface area contributed by atoms with Crippen LogP contribution in [0.4, 0.5) is 5.69 Å². The van der Waals surface area contributed by atoms with Gasteiger partial charge in [-0.1, -0.05) is 37.3 Å². The Bertz CT molecular complexity index is 897. The molecule has 1 N–H and O–H groups in total. The molecule has 0 heterocycles. The Morgan fingerprint density at radius 1 is 1.13 bits per heavy atom. The fourth-order valence-corrected chi connectivity index (χ4v) is 2.90. The molecule has 0 spiro atoms. The van der Waals surface area contributed by atoms with Gasteiger partial charge >= 0.3 is 5.97 Å². The third-order valence-corrected chi connectivity index (χ3v) is 4.26. The Balaban J connectivity index is 2.15. The van der Waals surface area contributed by atoms with Gasteiger partial charge in [-0.2, -0.15) is 0 Å². The maximum Gasteiger partial charge on any atom is 0.308 e. The van der Waals surface area contributed by atoms with Crippen molar-refractivity contribution in [2.24, 2.45) is 0 Å². The summed E-state index contributed by atoms with van der Waals surface area (Å²) in [5, 5.41) is 14.1. The number of hydrogen-bond acceptors (Lipinski definition) is 6. The van der Waals surface area contributed by atoms with Crippen LogP contribution in [-0.2, 0) is 20.7 Å². The Hall–Kier alpha value is -3.42. The number of nitro groups is 1. The van der Waals surface area contributed by atoms with E-state index < -0.39 is 22.8 Å². The van der Waals surface area contributed by atoms with E-state index in [0.29, 0.717) is 5.75 Å². The third-order valence-electron chi connectivity index (χ3n) is 4.26. The third kappa shape index (κ3) is 6.88. The highest BCUT2D eigenvalue weighted by Gasteiger charge is 2.26. The highest BCUT2D eigenvalue weighted by atomic mass is 16.6. The van der Waals surface area contributed by atoms with E-state index in [1.54, 1.807) is 26.0 Å². The molecule has 0 radical (unpaired) electrons. The van der Waals surface area contributed by atoms with E-state index in [1.165, 1.54) is 18.2 Å². The molecule has 2 aromatic rings. The first-order chi connectivity index (χ1) is 14.3. The quantitative estimate of drug-likeness (QED) is 0.360. The van der Waals surface area contributed by atoms with E-state index in [9.17, 15) is 19.7 Å². The number of aryl methyl sites for hydroxylation is 1. The Morgan fingerprint density at radius 3 is 2.53 bits per heavy atom. The molecule has 0 saturated carbocycles. The molecule has 0 saturated heterocycles.